The van der Waals surface area contributed by atoms with Crippen molar-refractivity contribution < 1.29 is 4.79 Å². The summed E-state index contributed by atoms with van der Waals surface area (Å²) in [6.45, 7) is 0. The van der Waals surface area contributed by atoms with Crippen molar-refractivity contribution in [2.45, 2.75) is 0 Å². The minimum Gasteiger partial charge on any atom is -0.308 e. The lowest BCUT2D eigenvalue weighted by molar-refractivity contribution is -0.113. The monoisotopic (exact) mass is 287 g/mol. The maximum atomic E-state index is 11.0. The zero-order valence-corrected chi connectivity index (χ0v) is 9.92. The summed E-state index contributed by atoms with van der Waals surface area (Å²) in [5, 5.41) is 6.73. The lowest BCUT2D eigenvalue weighted by Gasteiger charge is -1.94. The molecule has 4 nitrogen and oxygen atoms in total. The molecule has 2 rings (SSSR count). The molecule has 0 bridgehead atoms. The van der Waals surface area contributed by atoms with Crippen LogP contribution in [-0.4, -0.2) is 21.4 Å². The van der Waals surface area contributed by atoms with Gasteiger partial charge in [0, 0.05) is 16.7 Å². The Balaban J connectivity index is 2.34. The number of anilines is 1. The van der Waals surface area contributed by atoms with Gasteiger partial charge in [-0.05, 0) is 12.1 Å². The minimum atomic E-state index is -0.265. The number of hydrogen-bond donors (Lipinski definition) is 1. The van der Waals surface area contributed by atoms with Gasteiger partial charge in [-0.2, -0.15) is 5.10 Å². The van der Waals surface area contributed by atoms with Crippen molar-refractivity contribution in [2.75, 3.05) is 11.2 Å². The van der Waals surface area contributed by atoms with Crippen molar-refractivity contribution in [1.82, 2.24) is 9.61 Å². The van der Waals surface area contributed by atoms with Crippen molar-refractivity contribution >= 4 is 44.8 Å². The Kier molecular flexibility index (Phi) is 2.93. The van der Waals surface area contributed by atoms with Gasteiger partial charge in [0.25, 0.3) is 0 Å². The highest BCUT2D eigenvalue weighted by molar-refractivity contribution is 9.10. The van der Waals surface area contributed by atoms with Gasteiger partial charge in [-0.15, -0.1) is 11.6 Å². The summed E-state index contributed by atoms with van der Waals surface area (Å²) in [5.41, 5.74) is 0.897. The average Bonchev–Trinajstić information content (AvgIpc) is 2.59. The second-order valence-corrected chi connectivity index (χ2v) is 4.11. The SMILES string of the molecule is O=C(CCl)Nc1cc2cc(Br)ccn2n1. The number of rotatable bonds is 2. The van der Waals surface area contributed by atoms with Crippen molar-refractivity contribution in [1.29, 1.82) is 0 Å². The molecule has 78 valence electrons. The third kappa shape index (κ3) is 2.30. The highest BCUT2D eigenvalue weighted by atomic mass is 79.9. The quantitative estimate of drug-likeness (QED) is 0.862. The lowest BCUT2D eigenvalue weighted by Crippen LogP contribution is -2.12. The number of aromatic nitrogens is 2. The van der Waals surface area contributed by atoms with Crippen LogP contribution in [0.3, 0.4) is 0 Å². The summed E-state index contributed by atoms with van der Waals surface area (Å²) in [4.78, 5) is 11.0. The third-order valence-electron chi connectivity index (χ3n) is 1.81. The van der Waals surface area contributed by atoms with E-state index >= 15 is 0 Å². The molecule has 0 saturated heterocycles. The van der Waals surface area contributed by atoms with Crippen LogP contribution < -0.4 is 5.32 Å². The van der Waals surface area contributed by atoms with Crippen LogP contribution in [-0.2, 0) is 4.79 Å². The van der Waals surface area contributed by atoms with E-state index in [2.05, 4.69) is 26.3 Å². The van der Waals surface area contributed by atoms with E-state index in [-0.39, 0.29) is 11.8 Å². The molecular formula is C9H7BrClN3O. The minimum absolute atomic E-state index is 0.0719. The zero-order chi connectivity index (χ0) is 10.8. The Bertz CT molecular complexity index is 511. The number of pyridine rings is 1. The van der Waals surface area contributed by atoms with Gasteiger partial charge in [-0.1, -0.05) is 15.9 Å². The van der Waals surface area contributed by atoms with Gasteiger partial charge in [-0.25, -0.2) is 4.52 Å². The van der Waals surface area contributed by atoms with E-state index < -0.39 is 0 Å². The molecule has 0 spiro atoms. The molecule has 6 heteroatoms. The van der Waals surface area contributed by atoms with Crippen LogP contribution in [0.2, 0.25) is 0 Å². The number of carbonyl (C=O) groups excluding carboxylic acids is 1. The third-order valence-corrected chi connectivity index (χ3v) is 2.55. The summed E-state index contributed by atoms with van der Waals surface area (Å²) in [6, 6.07) is 5.55. The highest BCUT2D eigenvalue weighted by Crippen LogP contribution is 2.16. The first-order valence-electron chi connectivity index (χ1n) is 4.20. The number of hydrogen-bond acceptors (Lipinski definition) is 2. The van der Waals surface area contributed by atoms with Gasteiger partial charge in [0.05, 0.1) is 5.52 Å². The molecule has 0 unspecified atom stereocenters. The first-order chi connectivity index (χ1) is 7.19. The molecule has 0 aliphatic rings. The Morgan fingerprint density at radius 2 is 2.40 bits per heavy atom. The fraction of sp³-hybridized carbons (Fsp3) is 0.111. The zero-order valence-electron chi connectivity index (χ0n) is 7.58. The van der Waals surface area contributed by atoms with Gasteiger partial charge in [0.2, 0.25) is 5.91 Å². The fourth-order valence-corrected chi connectivity index (χ4v) is 1.62. The summed E-state index contributed by atoms with van der Waals surface area (Å²) in [6.07, 6.45) is 1.80. The summed E-state index contributed by atoms with van der Waals surface area (Å²) < 4.78 is 2.64. The van der Waals surface area contributed by atoms with Crippen molar-refractivity contribution in [3.8, 4) is 0 Å². The fourth-order valence-electron chi connectivity index (χ4n) is 1.20. The van der Waals surface area contributed by atoms with Crippen molar-refractivity contribution in [2.24, 2.45) is 0 Å². The Labute approximate surface area is 99.3 Å². The van der Waals surface area contributed by atoms with Crippen LogP contribution in [0, 0.1) is 0 Å². The molecule has 2 aromatic heterocycles. The van der Waals surface area contributed by atoms with E-state index in [1.54, 1.807) is 16.8 Å². The van der Waals surface area contributed by atoms with E-state index in [0.29, 0.717) is 5.82 Å². The molecule has 1 N–H and O–H groups in total. The normalized spacial score (nSPS) is 10.5. The predicted molar refractivity (Wildman–Crippen MR) is 62.2 cm³/mol. The van der Waals surface area contributed by atoms with Crippen LogP contribution in [0.5, 0.6) is 0 Å². The van der Waals surface area contributed by atoms with Gasteiger partial charge in [0.1, 0.15) is 5.88 Å². The maximum Gasteiger partial charge on any atom is 0.240 e. The van der Waals surface area contributed by atoms with Crippen LogP contribution in [0.4, 0.5) is 5.82 Å². The highest BCUT2D eigenvalue weighted by Gasteiger charge is 2.04. The molecule has 0 aliphatic heterocycles. The summed E-state index contributed by atoms with van der Waals surface area (Å²) >= 11 is 8.73. The average molecular weight is 289 g/mol. The molecule has 0 saturated carbocycles. The molecular weight excluding hydrogens is 281 g/mol. The van der Waals surface area contributed by atoms with Crippen LogP contribution in [0.25, 0.3) is 5.52 Å². The maximum absolute atomic E-state index is 11.0. The molecule has 15 heavy (non-hydrogen) atoms. The van der Waals surface area contributed by atoms with E-state index in [0.717, 1.165) is 9.99 Å². The van der Waals surface area contributed by atoms with Crippen LogP contribution in [0.15, 0.2) is 28.9 Å². The second-order valence-electron chi connectivity index (χ2n) is 2.93. The molecule has 1 amide bonds. The van der Waals surface area contributed by atoms with E-state index in [4.69, 9.17) is 11.6 Å². The molecule has 0 radical (unpaired) electrons. The smallest absolute Gasteiger partial charge is 0.240 e. The lowest BCUT2D eigenvalue weighted by atomic mass is 10.4. The molecule has 0 aliphatic carbocycles. The standard InChI is InChI=1S/C9H7BrClN3O/c10-6-1-2-14-7(3-6)4-8(13-14)12-9(15)5-11/h1-4H,5H2,(H,12,13,15). The Morgan fingerprint density at radius 3 is 3.13 bits per heavy atom. The van der Waals surface area contributed by atoms with Gasteiger partial charge < -0.3 is 5.32 Å². The number of fused-ring (bicyclic) bond motifs is 1. The summed E-state index contributed by atoms with van der Waals surface area (Å²) in [5.74, 6) is 0.162. The number of nitrogens with one attached hydrogen (secondary N) is 1. The first-order valence-corrected chi connectivity index (χ1v) is 5.52. The molecule has 0 aromatic carbocycles. The predicted octanol–water partition coefficient (Wildman–Crippen LogP) is 2.27. The van der Waals surface area contributed by atoms with Crippen molar-refractivity contribution in [3.63, 3.8) is 0 Å². The number of amides is 1. The number of alkyl halides is 1. The van der Waals surface area contributed by atoms with Crippen LogP contribution in [0.1, 0.15) is 0 Å². The molecule has 0 atom stereocenters. The Hall–Kier alpha value is -1.07. The molecule has 0 fully saturated rings. The Morgan fingerprint density at radius 1 is 1.60 bits per heavy atom. The van der Waals surface area contributed by atoms with Gasteiger partial charge >= 0.3 is 0 Å². The van der Waals surface area contributed by atoms with Crippen molar-refractivity contribution in [3.05, 3.63) is 28.9 Å². The topological polar surface area (TPSA) is 46.4 Å². The molecule has 2 heterocycles. The summed E-state index contributed by atoms with van der Waals surface area (Å²) in [7, 11) is 0. The number of nitrogens with zero attached hydrogens (tertiary/aromatic N) is 2. The second kappa shape index (κ2) is 4.20. The largest absolute Gasteiger partial charge is 0.308 e. The van der Waals surface area contributed by atoms with E-state index in [1.807, 2.05) is 12.1 Å². The van der Waals surface area contributed by atoms with Gasteiger partial charge in [-0.3, -0.25) is 4.79 Å². The first kappa shape index (κ1) is 10.4. The van der Waals surface area contributed by atoms with E-state index in [9.17, 15) is 4.79 Å². The number of halogens is 2. The number of carbonyl (C=O) groups is 1. The van der Waals surface area contributed by atoms with Crippen LogP contribution >= 0.6 is 27.5 Å². The van der Waals surface area contributed by atoms with Gasteiger partial charge in [0.15, 0.2) is 5.82 Å². The van der Waals surface area contributed by atoms with E-state index in [1.165, 1.54) is 0 Å². The molecule has 2 aromatic rings.